The average molecular weight is 625 g/mol. The molecule has 0 saturated carbocycles. The maximum absolute atomic E-state index is 11.0. The van der Waals surface area contributed by atoms with E-state index in [2.05, 4.69) is 94.1 Å². The van der Waals surface area contributed by atoms with Crippen molar-refractivity contribution in [2.24, 2.45) is 0 Å². The Bertz CT molecular complexity index is 3020. The third-order valence-electron chi connectivity index (χ3n) is 9.78. The quantitative estimate of drug-likeness (QED) is 0.196. The predicted octanol–water partition coefficient (Wildman–Crippen LogP) is 11.2. The van der Waals surface area contributed by atoms with Gasteiger partial charge in [-0.15, -0.1) is 0 Å². The predicted molar refractivity (Wildman–Crippen MR) is 197 cm³/mol. The van der Waals surface area contributed by atoms with Crippen molar-refractivity contribution in [1.29, 1.82) is 10.5 Å². The van der Waals surface area contributed by atoms with Crippen LogP contribution in [0.15, 0.2) is 150 Å². The summed E-state index contributed by atoms with van der Waals surface area (Å²) in [6.45, 7) is 0. The minimum absolute atomic E-state index is 0.464. The molecule has 5 heteroatoms. The lowest BCUT2D eigenvalue weighted by molar-refractivity contribution is 0.673. The van der Waals surface area contributed by atoms with Gasteiger partial charge in [0.1, 0.15) is 22.8 Å². The van der Waals surface area contributed by atoms with E-state index >= 15 is 0 Å². The molecular formula is C44H24N4O. The monoisotopic (exact) mass is 624 g/mol. The zero-order valence-corrected chi connectivity index (χ0v) is 26.1. The van der Waals surface area contributed by atoms with Gasteiger partial charge in [-0.2, -0.15) is 10.5 Å². The molecule has 0 bridgehead atoms. The molecule has 7 aromatic carbocycles. The van der Waals surface area contributed by atoms with E-state index in [0.717, 1.165) is 76.7 Å². The van der Waals surface area contributed by atoms with Gasteiger partial charge in [0.25, 0.3) is 0 Å². The molecule has 0 N–H and O–H groups in total. The van der Waals surface area contributed by atoms with Crippen molar-refractivity contribution in [1.82, 2.24) is 9.13 Å². The molecule has 0 saturated heterocycles. The van der Waals surface area contributed by atoms with Crippen molar-refractivity contribution >= 4 is 65.6 Å². The average Bonchev–Trinajstić information content (AvgIpc) is 3.82. The van der Waals surface area contributed by atoms with Gasteiger partial charge in [0, 0.05) is 26.9 Å². The summed E-state index contributed by atoms with van der Waals surface area (Å²) in [6.07, 6.45) is 0. The molecule has 0 fully saturated rings. The minimum atomic E-state index is 0.464. The highest BCUT2D eigenvalue weighted by Crippen LogP contribution is 2.43. The number of benzene rings is 7. The number of furan rings is 1. The molecule has 0 aliphatic rings. The Morgan fingerprint density at radius 3 is 1.73 bits per heavy atom. The summed E-state index contributed by atoms with van der Waals surface area (Å²) in [4.78, 5) is 0. The highest BCUT2D eigenvalue weighted by atomic mass is 16.3. The first kappa shape index (κ1) is 27.1. The Morgan fingerprint density at radius 2 is 1.04 bits per heavy atom. The van der Waals surface area contributed by atoms with E-state index in [1.54, 1.807) is 0 Å². The SMILES string of the molecule is N#Cc1cc(-n2c3ccccc3c3ccccc32)c(C#N)c(-n2c3ccc(-c4ccccc4)cc3c3c4oc5ccccc5c4ccc32)c1. The van der Waals surface area contributed by atoms with Gasteiger partial charge in [0.05, 0.1) is 50.5 Å². The van der Waals surface area contributed by atoms with Gasteiger partial charge in [-0.3, -0.25) is 0 Å². The smallest absolute Gasteiger partial charge is 0.145 e. The number of rotatable bonds is 3. The number of nitriles is 2. The van der Waals surface area contributed by atoms with E-state index < -0.39 is 0 Å². The largest absolute Gasteiger partial charge is 0.455 e. The molecular weight excluding hydrogens is 601 g/mol. The van der Waals surface area contributed by atoms with Gasteiger partial charge >= 0.3 is 0 Å². The molecule has 226 valence electrons. The first-order chi connectivity index (χ1) is 24.2. The molecule has 0 unspecified atom stereocenters. The summed E-state index contributed by atoms with van der Waals surface area (Å²) in [7, 11) is 0. The summed E-state index contributed by atoms with van der Waals surface area (Å²) in [6, 6.07) is 54.2. The second-order valence-electron chi connectivity index (χ2n) is 12.4. The molecule has 5 nitrogen and oxygen atoms in total. The maximum Gasteiger partial charge on any atom is 0.145 e. The number of hydrogen-bond acceptors (Lipinski definition) is 3. The van der Waals surface area contributed by atoms with Crippen molar-refractivity contribution in [3.8, 4) is 34.6 Å². The summed E-state index contributed by atoms with van der Waals surface area (Å²) >= 11 is 0. The molecule has 0 amide bonds. The molecule has 3 heterocycles. The third-order valence-corrected chi connectivity index (χ3v) is 9.78. The van der Waals surface area contributed by atoms with Gasteiger partial charge in [-0.05, 0) is 65.7 Å². The third kappa shape index (κ3) is 3.79. The Hall–Kier alpha value is -7.08. The molecule has 0 atom stereocenters. The lowest BCUT2D eigenvalue weighted by atomic mass is 10.0. The van der Waals surface area contributed by atoms with Crippen LogP contribution in [0.5, 0.6) is 0 Å². The lowest BCUT2D eigenvalue weighted by Gasteiger charge is -2.16. The van der Waals surface area contributed by atoms with Crippen molar-refractivity contribution in [3.05, 3.63) is 157 Å². The topological polar surface area (TPSA) is 70.6 Å². The fourth-order valence-corrected chi connectivity index (χ4v) is 7.68. The van der Waals surface area contributed by atoms with E-state index in [-0.39, 0.29) is 0 Å². The molecule has 0 spiro atoms. The van der Waals surface area contributed by atoms with Crippen molar-refractivity contribution in [3.63, 3.8) is 0 Å². The van der Waals surface area contributed by atoms with Crippen LogP contribution >= 0.6 is 0 Å². The summed E-state index contributed by atoms with van der Waals surface area (Å²) < 4.78 is 10.9. The Morgan fingerprint density at radius 1 is 0.449 bits per heavy atom. The number of para-hydroxylation sites is 3. The normalized spacial score (nSPS) is 11.6. The van der Waals surface area contributed by atoms with E-state index in [1.165, 1.54) is 0 Å². The van der Waals surface area contributed by atoms with Crippen LogP contribution in [0.2, 0.25) is 0 Å². The van der Waals surface area contributed by atoms with Crippen LogP contribution in [0.1, 0.15) is 11.1 Å². The van der Waals surface area contributed by atoms with Crippen LogP contribution in [0.25, 0.3) is 88.1 Å². The molecule has 3 aromatic heterocycles. The summed E-state index contributed by atoms with van der Waals surface area (Å²) in [5, 5.41) is 27.7. The van der Waals surface area contributed by atoms with E-state index in [0.29, 0.717) is 22.5 Å². The maximum atomic E-state index is 11.0. The molecule has 10 aromatic rings. The van der Waals surface area contributed by atoms with Crippen molar-refractivity contribution in [2.75, 3.05) is 0 Å². The molecule has 0 aliphatic carbocycles. The zero-order valence-electron chi connectivity index (χ0n) is 26.1. The van der Waals surface area contributed by atoms with E-state index in [1.807, 2.05) is 72.8 Å². The molecule has 0 radical (unpaired) electrons. The first-order valence-corrected chi connectivity index (χ1v) is 16.1. The standard InChI is InChI=1S/C44H24N4O/c45-25-27-22-40(47-36-15-7-4-12-30(36)31-13-5-8-16-37(31)47)35(26-46)41(23-27)48-38-20-18-29(28-10-2-1-3-11-28)24-34(38)43-39(48)21-19-33-32-14-6-9-17-42(32)49-44(33)43/h1-24H. The zero-order chi connectivity index (χ0) is 32.6. The fourth-order valence-electron chi connectivity index (χ4n) is 7.68. The van der Waals surface area contributed by atoms with Crippen LogP contribution in [0.4, 0.5) is 0 Å². The summed E-state index contributed by atoms with van der Waals surface area (Å²) in [5.74, 6) is 0. The Labute approximate surface area is 280 Å². The molecule has 10 rings (SSSR count). The summed E-state index contributed by atoms with van der Waals surface area (Å²) in [5.41, 5.74) is 9.81. The minimum Gasteiger partial charge on any atom is -0.455 e. The number of fused-ring (bicyclic) bond motifs is 10. The van der Waals surface area contributed by atoms with Crippen molar-refractivity contribution in [2.45, 2.75) is 0 Å². The van der Waals surface area contributed by atoms with Crippen LogP contribution in [0.3, 0.4) is 0 Å². The number of aromatic nitrogens is 2. The van der Waals surface area contributed by atoms with Crippen LogP contribution in [-0.2, 0) is 0 Å². The van der Waals surface area contributed by atoms with Crippen LogP contribution < -0.4 is 0 Å². The van der Waals surface area contributed by atoms with Gasteiger partial charge in [0.15, 0.2) is 0 Å². The second kappa shape index (κ2) is 10.2. The van der Waals surface area contributed by atoms with Crippen LogP contribution in [0, 0.1) is 22.7 Å². The first-order valence-electron chi connectivity index (χ1n) is 16.1. The Balaban J connectivity index is 1.36. The van der Waals surface area contributed by atoms with Gasteiger partial charge in [0.2, 0.25) is 0 Å². The van der Waals surface area contributed by atoms with Gasteiger partial charge in [-0.1, -0.05) is 91.0 Å². The van der Waals surface area contributed by atoms with Crippen LogP contribution in [-0.4, -0.2) is 9.13 Å². The lowest BCUT2D eigenvalue weighted by Crippen LogP contribution is -2.05. The Kier molecular flexibility index (Phi) is 5.64. The number of hydrogen-bond donors (Lipinski definition) is 0. The van der Waals surface area contributed by atoms with E-state index in [9.17, 15) is 10.5 Å². The van der Waals surface area contributed by atoms with Crippen molar-refractivity contribution < 1.29 is 4.42 Å². The van der Waals surface area contributed by atoms with Gasteiger partial charge < -0.3 is 13.6 Å². The fraction of sp³-hybridized carbons (Fsp3) is 0. The van der Waals surface area contributed by atoms with Gasteiger partial charge in [-0.25, -0.2) is 0 Å². The number of nitrogens with zero attached hydrogens (tertiary/aromatic N) is 4. The second-order valence-corrected chi connectivity index (χ2v) is 12.4. The molecule has 49 heavy (non-hydrogen) atoms. The molecule has 0 aliphatic heterocycles. The highest BCUT2D eigenvalue weighted by molar-refractivity contribution is 6.24. The highest BCUT2D eigenvalue weighted by Gasteiger charge is 2.24. The van der Waals surface area contributed by atoms with E-state index in [4.69, 9.17) is 4.42 Å².